The van der Waals surface area contributed by atoms with Crippen LogP contribution in [0.1, 0.15) is 27.8 Å². The van der Waals surface area contributed by atoms with Gasteiger partial charge in [-0.25, -0.2) is 0 Å². The van der Waals surface area contributed by atoms with Crippen LogP contribution in [0.25, 0.3) is 5.57 Å². The zero-order valence-electron chi connectivity index (χ0n) is 18.1. The Labute approximate surface area is 192 Å². The van der Waals surface area contributed by atoms with Gasteiger partial charge in [0.05, 0.1) is 12.1 Å². The van der Waals surface area contributed by atoms with Crippen LogP contribution in [0.5, 0.6) is 0 Å². The number of aryl methyl sites for hydroxylation is 2. The first-order valence-corrected chi connectivity index (χ1v) is 11.1. The molecular formula is C27H23ClN2O2. The summed E-state index contributed by atoms with van der Waals surface area (Å²) in [4.78, 5) is 30.7. The number of hydrogen-bond donors (Lipinski definition) is 0. The number of carbonyl (C=O) groups is 2. The minimum Gasteiger partial charge on any atom is -0.336 e. The molecule has 0 fully saturated rings. The molecule has 0 saturated carbocycles. The summed E-state index contributed by atoms with van der Waals surface area (Å²) >= 11 is 6.35. The van der Waals surface area contributed by atoms with Crippen molar-refractivity contribution in [2.45, 2.75) is 26.8 Å². The number of para-hydroxylation sites is 1. The number of anilines is 1. The normalized spacial score (nSPS) is 15.7. The minimum absolute atomic E-state index is 0.144. The molecule has 0 radical (unpaired) electrons. The molecule has 4 nitrogen and oxygen atoms in total. The topological polar surface area (TPSA) is 40.6 Å². The summed E-state index contributed by atoms with van der Waals surface area (Å²) in [5.41, 5.74) is 6.84. The van der Waals surface area contributed by atoms with Gasteiger partial charge in [0, 0.05) is 17.3 Å². The van der Waals surface area contributed by atoms with Gasteiger partial charge in [-0.05, 0) is 60.2 Å². The average Bonchev–Trinajstić information content (AvgIpc) is 3.31. The number of hydrogen-bond acceptors (Lipinski definition) is 3. The van der Waals surface area contributed by atoms with Crippen LogP contribution in [0.4, 0.5) is 5.69 Å². The zero-order valence-corrected chi connectivity index (χ0v) is 18.8. The molecule has 3 aromatic rings. The molecule has 32 heavy (non-hydrogen) atoms. The van der Waals surface area contributed by atoms with Crippen molar-refractivity contribution in [1.29, 1.82) is 0 Å². The molecule has 0 saturated heterocycles. The highest BCUT2D eigenvalue weighted by molar-refractivity contribution is 6.37. The lowest BCUT2D eigenvalue weighted by atomic mass is 9.99. The van der Waals surface area contributed by atoms with E-state index in [1.165, 1.54) is 10.5 Å². The maximum absolute atomic E-state index is 13.7. The van der Waals surface area contributed by atoms with Gasteiger partial charge in [0.15, 0.2) is 0 Å². The average molecular weight is 443 g/mol. The largest absolute Gasteiger partial charge is 0.336 e. The molecule has 5 rings (SSSR count). The van der Waals surface area contributed by atoms with Crippen LogP contribution in [-0.4, -0.2) is 23.3 Å². The van der Waals surface area contributed by atoms with Crippen molar-refractivity contribution in [1.82, 2.24) is 4.90 Å². The van der Waals surface area contributed by atoms with Crippen molar-refractivity contribution in [3.63, 3.8) is 0 Å². The summed E-state index contributed by atoms with van der Waals surface area (Å²) in [6.07, 6.45) is 0.839. The van der Waals surface area contributed by atoms with Gasteiger partial charge in [0.25, 0.3) is 11.8 Å². The second-order valence-electron chi connectivity index (χ2n) is 8.34. The Morgan fingerprint density at radius 1 is 0.875 bits per heavy atom. The highest BCUT2D eigenvalue weighted by atomic mass is 35.5. The summed E-state index contributed by atoms with van der Waals surface area (Å²) < 4.78 is 0. The van der Waals surface area contributed by atoms with Crippen LogP contribution >= 0.6 is 11.6 Å². The van der Waals surface area contributed by atoms with E-state index < -0.39 is 0 Å². The van der Waals surface area contributed by atoms with E-state index in [-0.39, 0.29) is 18.4 Å². The molecule has 3 aromatic carbocycles. The molecule has 5 heteroatoms. The Bertz CT molecular complexity index is 1290. The third kappa shape index (κ3) is 3.32. The predicted molar refractivity (Wildman–Crippen MR) is 127 cm³/mol. The molecule has 0 unspecified atom stereocenters. The van der Waals surface area contributed by atoms with Gasteiger partial charge in [-0.3, -0.25) is 14.5 Å². The smallest absolute Gasteiger partial charge is 0.278 e. The van der Waals surface area contributed by atoms with Crippen molar-refractivity contribution >= 4 is 34.7 Å². The zero-order chi connectivity index (χ0) is 22.4. The fraction of sp³-hybridized carbons (Fsp3) is 0.185. The van der Waals surface area contributed by atoms with E-state index in [0.29, 0.717) is 22.8 Å². The van der Waals surface area contributed by atoms with Crippen molar-refractivity contribution in [3.8, 4) is 0 Å². The number of fused-ring (bicyclic) bond motifs is 1. The second kappa shape index (κ2) is 7.95. The van der Waals surface area contributed by atoms with Gasteiger partial charge in [-0.15, -0.1) is 0 Å². The van der Waals surface area contributed by atoms with Crippen LogP contribution in [0, 0.1) is 13.8 Å². The maximum Gasteiger partial charge on any atom is 0.278 e. The quantitative estimate of drug-likeness (QED) is 0.515. The van der Waals surface area contributed by atoms with Crippen LogP contribution in [-0.2, 0) is 22.6 Å². The van der Waals surface area contributed by atoms with E-state index >= 15 is 0 Å². The first-order valence-electron chi connectivity index (χ1n) is 10.7. The second-order valence-corrected chi connectivity index (χ2v) is 8.75. The van der Waals surface area contributed by atoms with Gasteiger partial charge in [-0.2, -0.15) is 0 Å². The first-order chi connectivity index (χ1) is 15.5. The number of imide groups is 1. The van der Waals surface area contributed by atoms with Gasteiger partial charge < -0.3 is 4.90 Å². The molecule has 2 aliphatic rings. The Kier molecular flexibility index (Phi) is 5.10. The van der Waals surface area contributed by atoms with E-state index in [4.69, 9.17) is 11.6 Å². The molecule has 2 heterocycles. The molecule has 0 N–H and O–H groups in total. The fourth-order valence-corrected chi connectivity index (χ4v) is 4.68. The Hall–Kier alpha value is -3.37. The number of rotatable bonds is 4. The summed E-state index contributed by atoms with van der Waals surface area (Å²) in [7, 11) is 0. The summed E-state index contributed by atoms with van der Waals surface area (Å²) in [5, 5.41) is 0.542. The standard InChI is InChI=1S/C27H23ClN2O2/c1-17-11-12-20(15-18(17)2)24-25(29-14-13-19-7-4-6-10-23(19)29)27(32)30(26(24)31)16-21-8-3-5-9-22(21)28/h3-12,15H,13-14,16H2,1-2H3. The molecule has 160 valence electrons. The van der Waals surface area contributed by atoms with Gasteiger partial charge in [0.2, 0.25) is 0 Å². The van der Waals surface area contributed by atoms with Gasteiger partial charge in [0.1, 0.15) is 5.70 Å². The Morgan fingerprint density at radius 2 is 1.62 bits per heavy atom. The van der Waals surface area contributed by atoms with Crippen LogP contribution < -0.4 is 4.90 Å². The fourth-order valence-electron chi connectivity index (χ4n) is 4.48. The highest BCUT2D eigenvalue weighted by Crippen LogP contribution is 2.39. The lowest BCUT2D eigenvalue weighted by Crippen LogP contribution is -2.34. The molecule has 0 atom stereocenters. The number of carbonyl (C=O) groups excluding carboxylic acids is 2. The van der Waals surface area contributed by atoms with Crippen LogP contribution in [0.2, 0.25) is 5.02 Å². The molecule has 0 aliphatic carbocycles. The third-order valence-corrected chi connectivity index (χ3v) is 6.75. The molecule has 0 bridgehead atoms. The monoisotopic (exact) mass is 442 g/mol. The summed E-state index contributed by atoms with van der Waals surface area (Å²) in [5.74, 6) is -0.558. The van der Waals surface area contributed by atoms with Crippen molar-refractivity contribution in [2.24, 2.45) is 0 Å². The van der Waals surface area contributed by atoms with E-state index in [9.17, 15) is 9.59 Å². The molecular weight excluding hydrogens is 420 g/mol. The molecule has 0 aromatic heterocycles. The van der Waals surface area contributed by atoms with Crippen molar-refractivity contribution in [2.75, 3.05) is 11.4 Å². The molecule has 0 spiro atoms. The summed E-state index contributed by atoms with van der Waals surface area (Å²) in [6, 6.07) is 21.3. The van der Waals surface area contributed by atoms with Gasteiger partial charge >= 0.3 is 0 Å². The number of nitrogens with zero attached hydrogens (tertiary/aromatic N) is 2. The number of benzene rings is 3. The first kappa shape index (κ1) is 20.5. The lowest BCUT2D eigenvalue weighted by Gasteiger charge is -2.22. The Balaban J connectivity index is 1.64. The third-order valence-electron chi connectivity index (χ3n) is 6.38. The van der Waals surface area contributed by atoms with Crippen molar-refractivity contribution < 1.29 is 9.59 Å². The maximum atomic E-state index is 13.7. The van der Waals surface area contributed by atoms with E-state index in [1.807, 2.05) is 73.3 Å². The molecule has 2 amide bonds. The van der Waals surface area contributed by atoms with E-state index in [0.717, 1.165) is 34.4 Å². The van der Waals surface area contributed by atoms with Crippen molar-refractivity contribution in [3.05, 3.63) is 105 Å². The minimum atomic E-state index is -0.280. The van der Waals surface area contributed by atoms with Crippen LogP contribution in [0.15, 0.2) is 72.4 Å². The predicted octanol–water partition coefficient (Wildman–Crippen LogP) is 5.30. The van der Waals surface area contributed by atoms with E-state index in [2.05, 4.69) is 6.07 Å². The summed E-state index contributed by atoms with van der Waals surface area (Å²) in [6.45, 7) is 4.87. The van der Waals surface area contributed by atoms with E-state index in [1.54, 1.807) is 6.07 Å². The van der Waals surface area contributed by atoms with Gasteiger partial charge in [-0.1, -0.05) is 66.2 Å². The lowest BCUT2D eigenvalue weighted by molar-refractivity contribution is -0.137. The van der Waals surface area contributed by atoms with Crippen LogP contribution in [0.3, 0.4) is 0 Å². The molecule has 2 aliphatic heterocycles. The number of halogens is 1. The number of amides is 2. The highest BCUT2D eigenvalue weighted by Gasteiger charge is 2.43. The SMILES string of the molecule is Cc1ccc(C2=C(N3CCc4ccccc43)C(=O)N(Cc3ccccc3Cl)C2=O)cc1C. The Morgan fingerprint density at radius 3 is 2.41 bits per heavy atom.